The molecule has 300 valence electrons. The van der Waals surface area contributed by atoms with Crippen molar-refractivity contribution in [2.24, 2.45) is 23.5 Å². The number of hydrogen-bond acceptors (Lipinski definition) is 10. The first kappa shape index (κ1) is 45.6. The molecule has 0 spiro atoms. The van der Waals surface area contributed by atoms with E-state index in [-0.39, 0.29) is 54.9 Å². The standard InChI is InChI=1S/C39H66N6O8/c1-12-25(4)34(44(8)38(49)29(23-40)42-37(48)33(24(2)3)43(6)7)31(51-9)22-32(46)45-20-16-19-30(45)35(52-10)26(5)36(47)41-28(39(50)53-11)21-27-17-14-13-15-18-27/h13-15,17-18,24-26,28-31,33-35H,12,16,19-23,40H2,1-11H3,(H,41,47)(H,42,48)/t25-,26+,28-,29-,30-,31+,33-,34-,35+/m0/s1. The molecule has 1 heterocycles. The van der Waals surface area contributed by atoms with Crippen LogP contribution >= 0.6 is 0 Å². The van der Waals surface area contributed by atoms with E-state index in [2.05, 4.69) is 10.6 Å². The van der Waals surface area contributed by atoms with Crippen molar-refractivity contribution in [3.63, 3.8) is 0 Å². The molecule has 1 saturated heterocycles. The van der Waals surface area contributed by atoms with Crippen LogP contribution in [0.1, 0.15) is 65.9 Å². The Balaban J connectivity index is 2.25. The average Bonchev–Trinajstić information content (AvgIpc) is 3.62. The summed E-state index contributed by atoms with van der Waals surface area (Å²) < 4.78 is 16.8. The molecule has 1 aromatic carbocycles. The van der Waals surface area contributed by atoms with Crippen molar-refractivity contribution in [2.75, 3.05) is 55.6 Å². The number of benzene rings is 1. The van der Waals surface area contributed by atoms with E-state index in [0.717, 1.165) is 12.0 Å². The van der Waals surface area contributed by atoms with Gasteiger partial charge in [-0.25, -0.2) is 4.79 Å². The van der Waals surface area contributed by atoms with Crippen LogP contribution < -0.4 is 16.4 Å². The summed E-state index contributed by atoms with van der Waals surface area (Å²) in [6.07, 6.45) is 0.958. The molecular weight excluding hydrogens is 680 g/mol. The molecule has 4 N–H and O–H groups in total. The van der Waals surface area contributed by atoms with Gasteiger partial charge in [0.05, 0.1) is 49.8 Å². The number of carbonyl (C=O) groups excluding carboxylic acids is 5. The minimum absolute atomic E-state index is 0.00825. The zero-order valence-corrected chi connectivity index (χ0v) is 33.8. The van der Waals surface area contributed by atoms with Gasteiger partial charge < -0.3 is 40.4 Å². The second-order valence-electron chi connectivity index (χ2n) is 14.8. The monoisotopic (exact) mass is 746 g/mol. The highest BCUT2D eigenvalue weighted by Crippen LogP contribution is 2.29. The number of hydrogen-bond donors (Lipinski definition) is 3. The minimum atomic E-state index is -0.960. The summed E-state index contributed by atoms with van der Waals surface area (Å²) in [6.45, 7) is 10.0. The summed E-state index contributed by atoms with van der Waals surface area (Å²) in [5.74, 6) is -2.54. The fraction of sp³-hybridized carbons (Fsp3) is 0.718. The van der Waals surface area contributed by atoms with Gasteiger partial charge in [-0.1, -0.05) is 71.4 Å². The molecule has 53 heavy (non-hydrogen) atoms. The molecule has 0 aliphatic carbocycles. The van der Waals surface area contributed by atoms with Crippen LogP contribution in [0.15, 0.2) is 30.3 Å². The van der Waals surface area contributed by atoms with Gasteiger partial charge in [0.2, 0.25) is 23.6 Å². The predicted molar refractivity (Wildman–Crippen MR) is 204 cm³/mol. The van der Waals surface area contributed by atoms with Crippen LogP contribution in [-0.2, 0) is 44.6 Å². The average molecular weight is 747 g/mol. The van der Waals surface area contributed by atoms with E-state index < -0.39 is 54.3 Å². The van der Waals surface area contributed by atoms with E-state index >= 15 is 0 Å². The Morgan fingerprint density at radius 2 is 1.55 bits per heavy atom. The molecule has 1 fully saturated rings. The topological polar surface area (TPSA) is 173 Å². The highest BCUT2D eigenvalue weighted by Gasteiger charge is 2.43. The number of nitrogens with one attached hydrogen (secondary N) is 2. The van der Waals surface area contributed by atoms with E-state index in [1.807, 2.05) is 77.0 Å². The Kier molecular flexibility index (Phi) is 18.9. The van der Waals surface area contributed by atoms with Gasteiger partial charge in [-0.05, 0) is 44.3 Å². The summed E-state index contributed by atoms with van der Waals surface area (Å²) in [5, 5.41) is 5.70. The number of rotatable bonds is 21. The molecule has 1 aliphatic heterocycles. The molecule has 0 radical (unpaired) electrons. The van der Waals surface area contributed by atoms with Gasteiger partial charge in [-0.2, -0.15) is 0 Å². The van der Waals surface area contributed by atoms with Crippen molar-refractivity contribution in [1.29, 1.82) is 0 Å². The van der Waals surface area contributed by atoms with Gasteiger partial charge in [-0.15, -0.1) is 0 Å². The van der Waals surface area contributed by atoms with E-state index in [0.29, 0.717) is 19.4 Å². The van der Waals surface area contributed by atoms with Crippen molar-refractivity contribution < 1.29 is 38.2 Å². The summed E-state index contributed by atoms with van der Waals surface area (Å²) in [6, 6.07) is 6.14. The van der Waals surface area contributed by atoms with Crippen LogP contribution in [-0.4, -0.2) is 142 Å². The number of carbonyl (C=O) groups is 5. The van der Waals surface area contributed by atoms with Gasteiger partial charge in [0.25, 0.3) is 0 Å². The molecule has 1 aliphatic rings. The third-order valence-corrected chi connectivity index (χ3v) is 10.7. The number of ether oxygens (including phenoxy) is 3. The Labute approximate surface area is 316 Å². The maximum atomic E-state index is 14.1. The quantitative estimate of drug-likeness (QED) is 0.158. The molecule has 4 amide bonds. The molecule has 0 saturated carbocycles. The molecule has 0 unspecified atom stereocenters. The van der Waals surface area contributed by atoms with Crippen molar-refractivity contribution in [2.45, 2.75) is 109 Å². The van der Waals surface area contributed by atoms with E-state index in [4.69, 9.17) is 19.9 Å². The highest BCUT2D eigenvalue weighted by atomic mass is 16.5. The molecular formula is C39H66N6O8. The number of likely N-dealkylation sites (N-methyl/N-ethyl adjacent to an activating group) is 2. The second kappa shape index (κ2) is 21.9. The number of nitrogens with zero attached hydrogens (tertiary/aromatic N) is 3. The van der Waals surface area contributed by atoms with E-state index in [1.165, 1.54) is 21.3 Å². The number of nitrogens with two attached hydrogens (primary N) is 1. The summed E-state index contributed by atoms with van der Waals surface area (Å²) in [7, 11) is 9.62. The Morgan fingerprint density at radius 1 is 0.925 bits per heavy atom. The lowest BCUT2D eigenvalue weighted by Gasteiger charge is -2.40. The summed E-state index contributed by atoms with van der Waals surface area (Å²) in [4.78, 5) is 72.7. The van der Waals surface area contributed by atoms with Crippen LogP contribution in [0.3, 0.4) is 0 Å². The Hall–Kier alpha value is -3.59. The molecule has 14 heteroatoms. The lowest BCUT2D eigenvalue weighted by molar-refractivity contribution is -0.148. The zero-order valence-electron chi connectivity index (χ0n) is 33.8. The van der Waals surface area contributed by atoms with Gasteiger partial charge in [0.15, 0.2) is 0 Å². The molecule has 0 aromatic heterocycles. The number of methoxy groups -OCH3 is 3. The largest absolute Gasteiger partial charge is 0.467 e. The van der Waals surface area contributed by atoms with Crippen LogP contribution in [0.4, 0.5) is 0 Å². The van der Waals surface area contributed by atoms with Gasteiger partial charge >= 0.3 is 5.97 Å². The molecule has 2 rings (SSSR count). The lowest BCUT2D eigenvalue weighted by atomic mass is 9.90. The smallest absolute Gasteiger partial charge is 0.328 e. The van der Waals surface area contributed by atoms with Crippen molar-refractivity contribution in [1.82, 2.24) is 25.3 Å². The van der Waals surface area contributed by atoms with Crippen LogP contribution in [0.2, 0.25) is 0 Å². The number of amides is 4. The molecule has 1 aromatic rings. The normalized spacial score (nSPS) is 19.1. The number of esters is 1. The molecule has 0 bridgehead atoms. The second-order valence-corrected chi connectivity index (χ2v) is 14.8. The van der Waals surface area contributed by atoms with E-state index in [9.17, 15) is 24.0 Å². The zero-order chi connectivity index (χ0) is 40.0. The first-order valence-electron chi connectivity index (χ1n) is 18.8. The van der Waals surface area contributed by atoms with Crippen LogP contribution in [0, 0.1) is 17.8 Å². The number of likely N-dealkylation sites (tertiary alicyclic amines) is 1. The third-order valence-electron chi connectivity index (χ3n) is 10.7. The fourth-order valence-corrected chi connectivity index (χ4v) is 7.65. The molecule has 9 atom stereocenters. The SMILES string of the molecule is CC[C@H](C)[C@@H]([C@@H](CC(=O)N1CCC[C@H]1[C@H](OC)[C@@H](C)C(=O)N[C@@H](Cc1ccccc1)C(=O)OC)OC)N(C)C(=O)[C@H](CN)NC(=O)[C@H](C(C)C)N(C)C. The first-order valence-corrected chi connectivity index (χ1v) is 18.8. The predicted octanol–water partition coefficient (Wildman–Crippen LogP) is 1.84. The first-order chi connectivity index (χ1) is 25.1. The van der Waals surface area contributed by atoms with Crippen molar-refractivity contribution in [3.8, 4) is 0 Å². The maximum absolute atomic E-state index is 14.1. The molecule has 14 nitrogen and oxygen atoms in total. The lowest BCUT2D eigenvalue weighted by Crippen LogP contribution is -2.60. The summed E-state index contributed by atoms with van der Waals surface area (Å²) >= 11 is 0. The Morgan fingerprint density at radius 3 is 2.06 bits per heavy atom. The van der Waals surface area contributed by atoms with E-state index in [1.54, 1.807) is 23.8 Å². The minimum Gasteiger partial charge on any atom is -0.467 e. The van der Waals surface area contributed by atoms with Gasteiger partial charge in [0.1, 0.15) is 12.1 Å². The van der Waals surface area contributed by atoms with Crippen LogP contribution in [0.25, 0.3) is 0 Å². The third kappa shape index (κ3) is 12.2. The summed E-state index contributed by atoms with van der Waals surface area (Å²) in [5.41, 5.74) is 6.92. The van der Waals surface area contributed by atoms with Gasteiger partial charge in [0, 0.05) is 40.8 Å². The Bertz CT molecular complexity index is 1320. The van der Waals surface area contributed by atoms with Crippen molar-refractivity contribution in [3.05, 3.63) is 35.9 Å². The van der Waals surface area contributed by atoms with Crippen LogP contribution in [0.5, 0.6) is 0 Å². The fourth-order valence-electron chi connectivity index (χ4n) is 7.65. The highest BCUT2D eigenvalue weighted by molar-refractivity contribution is 5.90. The maximum Gasteiger partial charge on any atom is 0.328 e. The van der Waals surface area contributed by atoms with Gasteiger partial charge in [-0.3, -0.25) is 24.1 Å². The van der Waals surface area contributed by atoms with Crippen molar-refractivity contribution >= 4 is 29.6 Å².